The second-order valence-electron chi connectivity index (χ2n) is 6.30. The molecule has 0 bridgehead atoms. The SMILES string of the molecule is Cc1ccc(-c2ccc(/C=N\NC(=O)c3cc4cc(Br)cc(Br)c4o3)o2)c(Br)c1. The van der Waals surface area contributed by atoms with E-state index in [9.17, 15) is 4.79 Å². The molecule has 0 atom stereocenters. The first-order valence-electron chi connectivity index (χ1n) is 8.49. The van der Waals surface area contributed by atoms with Crippen LogP contribution in [0.1, 0.15) is 21.9 Å². The molecule has 29 heavy (non-hydrogen) atoms. The highest BCUT2D eigenvalue weighted by atomic mass is 79.9. The van der Waals surface area contributed by atoms with Crippen LogP contribution in [0.15, 0.2) is 75.9 Å². The molecule has 2 heterocycles. The monoisotopic (exact) mass is 578 g/mol. The number of nitrogens with one attached hydrogen (secondary N) is 1. The lowest BCUT2D eigenvalue weighted by Gasteiger charge is -2.01. The lowest BCUT2D eigenvalue weighted by Crippen LogP contribution is -2.16. The van der Waals surface area contributed by atoms with Crippen molar-refractivity contribution in [3.05, 3.63) is 79.0 Å². The third-order valence-corrected chi connectivity index (χ3v) is 5.84. The lowest BCUT2D eigenvalue weighted by molar-refractivity contribution is 0.0929. The Balaban J connectivity index is 1.47. The molecule has 0 aliphatic carbocycles. The quantitative estimate of drug-likeness (QED) is 0.208. The zero-order valence-electron chi connectivity index (χ0n) is 15.0. The minimum absolute atomic E-state index is 0.166. The average Bonchev–Trinajstić information content (AvgIpc) is 3.29. The Labute approximate surface area is 191 Å². The maximum Gasteiger partial charge on any atom is 0.307 e. The number of nitrogens with zero attached hydrogens (tertiary/aromatic N) is 1. The predicted molar refractivity (Wildman–Crippen MR) is 123 cm³/mol. The third kappa shape index (κ3) is 4.39. The maximum absolute atomic E-state index is 12.3. The lowest BCUT2D eigenvalue weighted by atomic mass is 10.1. The first kappa shape index (κ1) is 20.1. The van der Waals surface area contributed by atoms with E-state index < -0.39 is 5.91 Å². The highest BCUT2D eigenvalue weighted by molar-refractivity contribution is 9.11. The molecule has 2 aromatic heterocycles. The molecule has 0 saturated heterocycles. The Bertz CT molecular complexity index is 1260. The predicted octanol–water partition coefficient (Wildman–Crippen LogP) is 7.05. The molecule has 8 heteroatoms. The first-order valence-corrected chi connectivity index (χ1v) is 10.9. The number of hydrazone groups is 1. The number of furan rings is 2. The van der Waals surface area contributed by atoms with Gasteiger partial charge in [-0.1, -0.05) is 37.9 Å². The van der Waals surface area contributed by atoms with Gasteiger partial charge in [0, 0.05) is 19.9 Å². The molecule has 1 N–H and O–H groups in total. The molecule has 0 saturated carbocycles. The summed E-state index contributed by atoms with van der Waals surface area (Å²) >= 11 is 10.4. The van der Waals surface area contributed by atoms with Gasteiger partial charge in [0.1, 0.15) is 17.1 Å². The number of halogens is 3. The Morgan fingerprint density at radius 1 is 1.00 bits per heavy atom. The Morgan fingerprint density at radius 3 is 2.62 bits per heavy atom. The van der Waals surface area contributed by atoms with Crippen LogP contribution >= 0.6 is 47.8 Å². The van der Waals surface area contributed by atoms with E-state index in [1.165, 1.54) is 6.21 Å². The van der Waals surface area contributed by atoms with Crippen LogP contribution in [-0.2, 0) is 0 Å². The number of benzene rings is 2. The molecule has 0 unspecified atom stereocenters. The van der Waals surface area contributed by atoms with Gasteiger partial charge < -0.3 is 8.83 Å². The van der Waals surface area contributed by atoms with E-state index in [1.807, 2.05) is 43.3 Å². The topological polar surface area (TPSA) is 67.7 Å². The fourth-order valence-corrected chi connectivity index (χ4v) is 4.81. The summed E-state index contributed by atoms with van der Waals surface area (Å²) in [5.41, 5.74) is 5.15. The van der Waals surface area contributed by atoms with E-state index in [-0.39, 0.29) is 5.76 Å². The maximum atomic E-state index is 12.3. The van der Waals surface area contributed by atoms with E-state index in [0.29, 0.717) is 17.1 Å². The number of amides is 1. The Kier molecular flexibility index (Phi) is 5.76. The van der Waals surface area contributed by atoms with Crippen molar-refractivity contribution in [1.82, 2.24) is 5.43 Å². The molecule has 0 aliphatic rings. The van der Waals surface area contributed by atoms with Crippen LogP contribution in [0.5, 0.6) is 0 Å². The van der Waals surface area contributed by atoms with Crippen LogP contribution in [-0.4, -0.2) is 12.1 Å². The van der Waals surface area contributed by atoms with E-state index >= 15 is 0 Å². The molecule has 5 nitrogen and oxygen atoms in total. The number of rotatable bonds is 4. The van der Waals surface area contributed by atoms with Gasteiger partial charge in [-0.3, -0.25) is 4.79 Å². The second-order valence-corrected chi connectivity index (χ2v) is 8.93. The summed E-state index contributed by atoms with van der Waals surface area (Å²) in [6.45, 7) is 2.02. The Hall–Kier alpha value is -2.16. The highest BCUT2D eigenvalue weighted by Gasteiger charge is 2.14. The fourth-order valence-electron chi connectivity index (χ4n) is 2.78. The van der Waals surface area contributed by atoms with Crippen molar-refractivity contribution < 1.29 is 13.6 Å². The molecule has 0 aliphatic heterocycles. The second kappa shape index (κ2) is 8.30. The number of hydrogen-bond donors (Lipinski definition) is 1. The number of hydrogen-bond acceptors (Lipinski definition) is 4. The molecule has 4 rings (SSSR count). The molecular weight excluding hydrogens is 568 g/mol. The molecule has 0 radical (unpaired) electrons. The van der Waals surface area contributed by atoms with Crippen LogP contribution in [0.25, 0.3) is 22.3 Å². The number of aryl methyl sites for hydroxylation is 1. The fraction of sp³-hybridized carbons (Fsp3) is 0.0476. The zero-order chi connectivity index (χ0) is 20.5. The summed E-state index contributed by atoms with van der Waals surface area (Å²) in [6.07, 6.45) is 1.44. The van der Waals surface area contributed by atoms with E-state index in [4.69, 9.17) is 8.83 Å². The van der Waals surface area contributed by atoms with Gasteiger partial charge in [-0.05, 0) is 70.9 Å². The summed E-state index contributed by atoms with van der Waals surface area (Å²) in [7, 11) is 0. The van der Waals surface area contributed by atoms with Crippen LogP contribution in [0.2, 0.25) is 0 Å². The largest absolute Gasteiger partial charge is 0.455 e. The minimum Gasteiger partial charge on any atom is -0.455 e. The van der Waals surface area contributed by atoms with E-state index in [1.54, 1.807) is 12.1 Å². The third-order valence-electron chi connectivity index (χ3n) is 4.13. The van der Waals surface area contributed by atoms with Crippen molar-refractivity contribution in [1.29, 1.82) is 0 Å². The molecule has 0 spiro atoms. The van der Waals surface area contributed by atoms with Crippen molar-refractivity contribution in [2.24, 2.45) is 5.10 Å². The van der Waals surface area contributed by atoms with Gasteiger partial charge in [0.2, 0.25) is 0 Å². The van der Waals surface area contributed by atoms with Gasteiger partial charge >= 0.3 is 5.91 Å². The summed E-state index contributed by atoms with van der Waals surface area (Å²) in [4.78, 5) is 12.3. The summed E-state index contributed by atoms with van der Waals surface area (Å²) < 4.78 is 14.0. The van der Waals surface area contributed by atoms with Crippen molar-refractivity contribution in [2.75, 3.05) is 0 Å². The summed E-state index contributed by atoms with van der Waals surface area (Å²) in [5, 5.41) is 4.77. The van der Waals surface area contributed by atoms with Crippen LogP contribution in [0.3, 0.4) is 0 Å². The first-order chi connectivity index (χ1) is 13.9. The van der Waals surface area contributed by atoms with Gasteiger partial charge in [0.25, 0.3) is 0 Å². The highest BCUT2D eigenvalue weighted by Crippen LogP contribution is 2.31. The minimum atomic E-state index is -0.450. The standard InChI is InChI=1S/C21H13Br3N2O3/c1-11-2-4-15(16(23)6-11)18-5-3-14(28-18)10-25-26-21(27)19-8-12-7-13(22)9-17(24)20(12)29-19/h2-10H,1H3,(H,26,27)/b25-10-. The zero-order valence-corrected chi connectivity index (χ0v) is 19.8. The van der Waals surface area contributed by atoms with Crippen molar-refractivity contribution in [3.63, 3.8) is 0 Å². The van der Waals surface area contributed by atoms with Crippen molar-refractivity contribution in [3.8, 4) is 11.3 Å². The van der Waals surface area contributed by atoms with Crippen LogP contribution in [0, 0.1) is 6.92 Å². The molecule has 0 fully saturated rings. The van der Waals surface area contributed by atoms with Crippen LogP contribution in [0.4, 0.5) is 0 Å². The van der Waals surface area contributed by atoms with E-state index in [0.717, 1.165) is 29.9 Å². The van der Waals surface area contributed by atoms with Gasteiger partial charge in [0.05, 0.1) is 10.7 Å². The smallest absolute Gasteiger partial charge is 0.307 e. The molecule has 4 aromatic rings. The van der Waals surface area contributed by atoms with Crippen LogP contribution < -0.4 is 5.43 Å². The average molecular weight is 581 g/mol. The van der Waals surface area contributed by atoms with Crippen molar-refractivity contribution >= 4 is 70.9 Å². The molecule has 1 amide bonds. The van der Waals surface area contributed by atoms with Gasteiger partial charge in [-0.2, -0.15) is 5.10 Å². The van der Waals surface area contributed by atoms with E-state index in [2.05, 4.69) is 58.3 Å². The van der Waals surface area contributed by atoms with Crippen molar-refractivity contribution in [2.45, 2.75) is 6.92 Å². The number of carbonyl (C=O) groups is 1. The van der Waals surface area contributed by atoms with Gasteiger partial charge in [-0.15, -0.1) is 0 Å². The molecular formula is C21H13Br3N2O3. The van der Waals surface area contributed by atoms with Gasteiger partial charge in [0.15, 0.2) is 5.76 Å². The molecule has 146 valence electrons. The molecule has 2 aromatic carbocycles. The summed E-state index contributed by atoms with van der Waals surface area (Å²) in [6, 6.07) is 15.1. The number of fused-ring (bicyclic) bond motifs is 1. The normalized spacial score (nSPS) is 11.4. The van der Waals surface area contributed by atoms with Gasteiger partial charge in [-0.25, -0.2) is 5.43 Å². The summed E-state index contributed by atoms with van der Waals surface area (Å²) in [5.74, 6) is 0.939. The Morgan fingerprint density at radius 2 is 1.83 bits per heavy atom. The number of carbonyl (C=O) groups excluding carboxylic acids is 1.